The molecule has 0 atom stereocenters. The van der Waals surface area contributed by atoms with Crippen molar-refractivity contribution in [1.82, 2.24) is 15.0 Å². The molecule has 5 nitrogen and oxygen atoms in total. The van der Waals surface area contributed by atoms with Gasteiger partial charge in [-0.05, 0) is 42.8 Å². The number of fused-ring (bicyclic) bond motifs is 1. The van der Waals surface area contributed by atoms with Crippen LogP contribution in [0, 0.1) is 18.3 Å². The number of nitrogens with zero attached hydrogens (tertiary/aromatic N) is 3. The molecular weight excluding hydrogens is 310 g/mol. The van der Waals surface area contributed by atoms with E-state index in [2.05, 4.69) is 33.3 Å². The molecule has 0 aliphatic rings. The van der Waals surface area contributed by atoms with Crippen molar-refractivity contribution >= 4 is 22.3 Å². The Morgan fingerprint density at radius 2 is 2.04 bits per heavy atom. The van der Waals surface area contributed by atoms with E-state index in [1.807, 2.05) is 42.6 Å². The molecule has 120 valence electrons. The largest absolute Gasteiger partial charge is 0.361 e. The maximum atomic E-state index is 9.52. The van der Waals surface area contributed by atoms with Gasteiger partial charge in [-0.15, -0.1) is 0 Å². The number of pyridine rings is 2. The van der Waals surface area contributed by atoms with Gasteiger partial charge >= 0.3 is 0 Å². The van der Waals surface area contributed by atoms with E-state index >= 15 is 0 Å². The third kappa shape index (κ3) is 2.60. The highest BCUT2D eigenvalue weighted by molar-refractivity contribution is 5.91. The van der Waals surface area contributed by atoms with E-state index in [1.165, 1.54) is 0 Å². The molecule has 0 aliphatic carbocycles. The number of anilines is 2. The first-order chi connectivity index (χ1) is 12.3. The molecule has 3 aromatic heterocycles. The average Bonchev–Trinajstić information content (AvgIpc) is 3.14. The van der Waals surface area contributed by atoms with Gasteiger partial charge in [0.05, 0.1) is 16.9 Å². The molecule has 2 N–H and O–H groups in total. The number of aromatic amines is 1. The van der Waals surface area contributed by atoms with Crippen LogP contribution in [0.3, 0.4) is 0 Å². The van der Waals surface area contributed by atoms with Crippen LogP contribution in [0.5, 0.6) is 0 Å². The van der Waals surface area contributed by atoms with Gasteiger partial charge in [0.15, 0.2) is 0 Å². The third-order valence-corrected chi connectivity index (χ3v) is 4.27. The standard InChI is InChI=1S/C20H15N5/c1-13-15-7-9-24-19(15)6-5-17(13)25-20-14(10-21)11-22-12-16(20)18-4-2-3-8-23-18/h2-9,11-12,24H,1H3,(H,22,25). The van der Waals surface area contributed by atoms with Crippen LogP contribution in [-0.4, -0.2) is 15.0 Å². The normalized spacial score (nSPS) is 10.6. The monoisotopic (exact) mass is 325 g/mol. The van der Waals surface area contributed by atoms with Crippen molar-refractivity contribution in [2.24, 2.45) is 0 Å². The summed E-state index contributed by atoms with van der Waals surface area (Å²) in [6.45, 7) is 2.06. The molecule has 0 saturated carbocycles. The van der Waals surface area contributed by atoms with Crippen molar-refractivity contribution in [2.45, 2.75) is 6.92 Å². The van der Waals surface area contributed by atoms with Gasteiger partial charge in [0.2, 0.25) is 0 Å². The second kappa shape index (κ2) is 6.10. The van der Waals surface area contributed by atoms with Crippen LogP contribution < -0.4 is 5.32 Å². The lowest BCUT2D eigenvalue weighted by molar-refractivity contribution is 1.26. The van der Waals surface area contributed by atoms with E-state index in [-0.39, 0.29) is 0 Å². The predicted octanol–water partition coefficient (Wildman–Crippen LogP) is 4.55. The fourth-order valence-electron chi connectivity index (χ4n) is 2.95. The SMILES string of the molecule is Cc1c(Nc2c(C#N)cncc2-c2ccccn2)ccc2[nH]ccc12. The summed E-state index contributed by atoms with van der Waals surface area (Å²) in [6.07, 6.45) is 6.96. The number of H-pyrrole nitrogens is 1. The number of nitriles is 1. The fraction of sp³-hybridized carbons (Fsp3) is 0.0500. The number of hydrogen-bond acceptors (Lipinski definition) is 4. The molecule has 4 aromatic rings. The Kier molecular flexibility index (Phi) is 3.64. The van der Waals surface area contributed by atoms with Gasteiger partial charge in [0, 0.05) is 46.9 Å². The lowest BCUT2D eigenvalue weighted by atomic mass is 10.1. The van der Waals surface area contributed by atoms with Crippen molar-refractivity contribution in [1.29, 1.82) is 5.26 Å². The topological polar surface area (TPSA) is 77.4 Å². The zero-order chi connectivity index (χ0) is 17.2. The van der Waals surface area contributed by atoms with Crippen LogP contribution in [0.4, 0.5) is 11.4 Å². The van der Waals surface area contributed by atoms with Gasteiger partial charge in [-0.25, -0.2) is 0 Å². The van der Waals surface area contributed by atoms with E-state index in [1.54, 1.807) is 18.6 Å². The number of benzene rings is 1. The van der Waals surface area contributed by atoms with Gasteiger partial charge in [-0.2, -0.15) is 5.26 Å². The molecule has 0 amide bonds. The quantitative estimate of drug-likeness (QED) is 0.579. The molecule has 0 radical (unpaired) electrons. The highest BCUT2D eigenvalue weighted by Gasteiger charge is 2.14. The number of aryl methyl sites for hydroxylation is 1. The van der Waals surface area contributed by atoms with Gasteiger partial charge in [-0.3, -0.25) is 9.97 Å². The second-order valence-corrected chi connectivity index (χ2v) is 5.74. The van der Waals surface area contributed by atoms with Crippen LogP contribution in [-0.2, 0) is 0 Å². The molecule has 4 rings (SSSR count). The Morgan fingerprint density at radius 3 is 2.84 bits per heavy atom. The number of aromatic nitrogens is 3. The Balaban J connectivity index is 1.87. The molecule has 0 spiro atoms. The summed E-state index contributed by atoms with van der Waals surface area (Å²) >= 11 is 0. The first-order valence-electron chi connectivity index (χ1n) is 7.91. The second-order valence-electron chi connectivity index (χ2n) is 5.74. The van der Waals surface area contributed by atoms with Crippen LogP contribution in [0.15, 0.2) is 61.2 Å². The van der Waals surface area contributed by atoms with Crippen LogP contribution in [0.1, 0.15) is 11.1 Å². The minimum atomic E-state index is 0.483. The smallest absolute Gasteiger partial charge is 0.103 e. The molecule has 0 saturated heterocycles. The summed E-state index contributed by atoms with van der Waals surface area (Å²) in [5.74, 6) is 0. The first kappa shape index (κ1) is 14.9. The lowest BCUT2D eigenvalue weighted by Crippen LogP contribution is -2.00. The van der Waals surface area contributed by atoms with E-state index in [0.717, 1.165) is 33.4 Å². The molecule has 3 heterocycles. The summed E-state index contributed by atoms with van der Waals surface area (Å²) < 4.78 is 0. The lowest BCUT2D eigenvalue weighted by Gasteiger charge is -2.15. The van der Waals surface area contributed by atoms with Crippen LogP contribution in [0.25, 0.3) is 22.2 Å². The van der Waals surface area contributed by atoms with Crippen molar-refractivity contribution < 1.29 is 0 Å². The summed E-state index contributed by atoms with van der Waals surface area (Å²) in [7, 11) is 0. The van der Waals surface area contributed by atoms with Crippen molar-refractivity contribution in [3.05, 3.63) is 72.3 Å². The van der Waals surface area contributed by atoms with Crippen molar-refractivity contribution in [3.63, 3.8) is 0 Å². The Labute approximate surface area is 145 Å². The Morgan fingerprint density at radius 1 is 1.12 bits per heavy atom. The van der Waals surface area contributed by atoms with E-state index in [4.69, 9.17) is 0 Å². The summed E-state index contributed by atoms with van der Waals surface area (Å²) in [5, 5.41) is 14.1. The van der Waals surface area contributed by atoms with E-state index in [9.17, 15) is 5.26 Å². The summed E-state index contributed by atoms with van der Waals surface area (Å²) in [6, 6.07) is 14.0. The molecule has 0 unspecified atom stereocenters. The predicted molar refractivity (Wildman–Crippen MR) is 98.5 cm³/mol. The third-order valence-electron chi connectivity index (χ3n) is 4.27. The molecule has 1 aromatic carbocycles. The average molecular weight is 325 g/mol. The molecular formula is C20H15N5. The molecule has 0 aliphatic heterocycles. The van der Waals surface area contributed by atoms with Gasteiger partial charge < -0.3 is 10.3 Å². The zero-order valence-corrected chi connectivity index (χ0v) is 13.6. The maximum Gasteiger partial charge on any atom is 0.103 e. The molecule has 0 bridgehead atoms. The van der Waals surface area contributed by atoms with Crippen LogP contribution in [0.2, 0.25) is 0 Å². The van der Waals surface area contributed by atoms with E-state index in [0.29, 0.717) is 11.3 Å². The van der Waals surface area contributed by atoms with Gasteiger partial charge in [0.25, 0.3) is 0 Å². The maximum absolute atomic E-state index is 9.52. The molecule has 5 heteroatoms. The Hall–Kier alpha value is -3.65. The van der Waals surface area contributed by atoms with Gasteiger partial charge in [-0.1, -0.05) is 6.07 Å². The highest BCUT2D eigenvalue weighted by atomic mass is 14.9. The highest BCUT2D eigenvalue weighted by Crippen LogP contribution is 2.34. The number of hydrogen-bond donors (Lipinski definition) is 2. The summed E-state index contributed by atoms with van der Waals surface area (Å²) in [4.78, 5) is 11.8. The number of rotatable bonds is 3. The molecule has 0 fully saturated rings. The molecule has 25 heavy (non-hydrogen) atoms. The zero-order valence-electron chi connectivity index (χ0n) is 13.6. The van der Waals surface area contributed by atoms with E-state index < -0.39 is 0 Å². The van der Waals surface area contributed by atoms with Gasteiger partial charge in [0.1, 0.15) is 6.07 Å². The Bertz CT molecular complexity index is 1090. The summed E-state index contributed by atoms with van der Waals surface area (Å²) in [5.41, 5.74) is 5.93. The van der Waals surface area contributed by atoms with Crippen molar-refractivity contribution in [2.75, 3.05) is 5.32 Å². The fourth-order valence-corrected chi connectivity index (χ4v) is 2.95. The minimum Gasteiger partial charge on any atom is -0.361 e. The van der Waals surface area contributed by atoms with Crippen molar-refractivity contribution in [3.8, 4) is 17.3 Å². The minimum absolute atomic E-state index is 0.483. The number of nitrogens with one attached hydrogen (secondary N) is 2. The van der Waals surface area contributed by atoms with Crippen LogP contribution >= 0.6 is 0 Å². The first-order valence-corrected chi connectivity index (χ1v) is 7.91.